The fraction of sp³-hybridized carbons (Fsp3) is 0.0968. The summed E-state index contributed by atoms with van der Waals surface area (Å²) in [5.41, 5.74) is 6.13. The molecule has 7 heteroatoms. The molecular weight excluding hydrogens is 658 g/mol. The first-order valence-corrected chi connectivity index (χ1v) is 11.9. The predicted molar refractivity (Wildman–Crippen MR) is 142 cm³/mol. The maximum atomic E-state index is 14.0. The smallest absolute Gasteiger partial charge is 0.246 e. The van der Waals surface area contributed by atoms with Crippen LogP contribution in [0.2, 0.25) is 0 Å². The van der Waals surface area contributed by atoms with Crippen molar-refractivity contribution in [3.05, 3.63) is 108 Å². The Labute approximate surface area is 232 Å². The second kappa shape index (κ2) is 10.0. The summed E-state index contributed by atoms with van der Waals surface area (Å²) in [7, 11) is 1.86. The van der Waals surface area contributed by atoms with Crippen molar-refractivity contribution in [3.8, 4) is 17.0 Å². The van der Waals surface area contributed by atoms with Gasteiger partial charge in [0.25, 0.3) is 0 Å². The number of aromatic hydroxyl groups is 1. The molecule has 7 aromatic rings. The zero-order chi connectivity index (χ0) is 25.7. The molecule has 3 aromatic heterocycles. The number of phenolic OH excluding ortho intramolecular Hbond substituents is 1. The van der Waals surface area contributed by atoms with E-state index in [0.717, 1.165) is 33.0 Å². The maximum absolute atomic E-state index is 14.0. The van der Waals surface area contributed by atoms with Crippen LogP contribution in [0.3, 0.4) is 0 Å². The van der Waals surface area contributed by atoms with Crippen LogP contribution >= 0.6 is 0 Å². The maximum Gasteiger partial charge on any atom is 0.246 e. The van der Waals surface area contributed by atoms with Crippen molar-refractivity contribution in [2.45, 2.75) is 13.8 Å². The minimum absolute atomic E-state index is 0. The summed E-state index contributed by atoms with van der Waals surface area (Å²) < 4.78 is 23.0. The third kappa shape index (κ3) is 4.44. The molecule has 0 saturated heterocycles. The molecule has 191 valence electrons. The van der Waals surface area contributed by atoms with Crippen LogP contribution in [0.15, 0.2) is 83.5 Å². The van der Waals surface area contributed by atoms with Crippen molar-refractivity contribution in [2.24, 2.45) is 7.05 Å². The van der Waals surface area contributed by atoms with Gasteiger partial charge >= 0.3 is 0 Å². The topological polar surface area (TPSA) is 54.5 Å². The number of aromatic nitrogens is 3. The Balaban J connectivity index is 0.000000168. The fourth-order valence-corrected chi connectivity index (χ4v) is 4.84. The van der Waals surface area contributed by atoms with E-state index >= 15 is 0 Å². The van der Waals surface area contributed by atoms with E-state index in [-0.39, 0.29) is 31.7 Å². The van der Waals surface area contributed by atoms with Crippen LogP contribution in [-0.2, 0) is 27.2 Å². The van der Waals surface area contributed by atoms with Gasteiger partial charge in [-0.15, -0.1) is 34.9 Å². The minimum atomic E-state index is -0.194. The molecule has 0 atom stereocenters. The van der Waals surface area contributed by atoms with E-state index in [0.29, 0.717) is 22.2 Å². The van der Waals surface area contributed by atoms with Crippen LogP contribution in [-0.4, -0.2) is 14.5 Å². The number of nitrogens with zero attached hydrogens (tertiary/aromatic N) is 3. The molecule has 1 N–H and O–H groups in total. The summed E-state index contributed by atoms with van der Waals surface area (Å²) >= 11 is 0. The monoisotopic (exact) mass is 681 g/mol. The normalized spacial score (nSPS) is 11.1. The van der Waals surface area contributed by atoms with Crippen molar-refractivity contribution >= 4 is 38.4 Å². The first-order chi connectivity index (χ1) is 17.9. The molecule has 5 nitrogen and oxygen atoms in total. The molecule has 38 heavy (non-hydrogen) atoms. The Kier molecular flexibility index (Phi) is 6.74. The number of halogens is 1. The van der Waals surface area contributed by atoms with Gasteiger partial charge in [0, 0.05) is 31.7 Å². The van der Waals surface area contributed by atoms with E-state index in [1.54, 1.807) is 39.6 Å². The number of benzene rings is 4. The van der Waals surface area contributed by atoms with Crippen LogP contribution in [0.1, 0.15) is 11.1 Å². The molecule has 7 rings (SSSR count). The van der Waals surface area contributed by atoms with Gasteiger partial charge in [0.2, 0.25) is 12.0 Å². The zero-order valence-corrected chi connectivity index (χ0v) is 23.3. The number of hydrogen-bond donors (Lipinski definition) is 1. The SMILES string of the molecule is C[n+]1[c-]n2c(c1)oc1cccc(O)c12.Cc1[c-]c(-c2nccc3c2ccc2c(F)cccc23)cc(C)c1.[Ir]. The Morgan fingerprint density at radius 3 is 2.53 bits per heavy atom. The molecule has 0 fully saturated rings. The zero-order valence-electron chi connectivity index (χ0n) is 20.9. The number of hydrogen-bond acceptors (Lipinski definition) is 3. The summed E-state index contributed by atoms with van der Waals surface area (Å²) in [5, 5.41) is 13.2. The third-order valence-electron chi connectivity index (χ3n) is 6.35. The molecule has 0 bridgehead atoms. The second-order valence-electron chi connectivity index (χ2n) is 9.15. The van der Waals surface area contributed by atoms with Crippen LogP contribution in [0.4, 0.5) is 4.39 Å². The number of pyridine rings is 1. The Bertz CT molecular complexity index is 1940. The van der Waals surface area contributed by atoms with Gasteiger partial charge in [-0.05, 0) is 46.1 Å². The van der Waals surface area contributed by atoms with Gasteiger partial charge < -0.3 is 19.1 Å². The van der Waals surface area contributed by atoms with E-state index in [1.165, 1.54) is 11.6 Å². The molecular formula is C31H23FIrN3O2-. The Morgan fingerprint density at radius 2 is 1.71 bits per heavy atom. The van der Waals surface area contributed by atoms with E-state index in [9.17, 15) is 9.50 Å². The first kappa shape index (κ1) is 25.6. The second-order valence-corrected chi connectivity index (χ2v) is 9.15. The Hall–Kier alpha value is -4.06. The largest absolute Gasteiger partial charge is 0.513 e. The van der Waals surface area contributed by atoms with Crippen molar-refractivity contribution in [2.75, 3.05) is 0 Å². The van der Waals surface area contributed by atoms with Crippen molar-refractivity contribution in [1.29, 1.82) is 0 Å². The summed E-state index contributed by atoms with van der Waals surface area (Å²) in [6.45, 7) is 4.10. The van der Waals surface area contributed by atoms with E-state index in [1.807, 2.05) is 44.3 Å². The fourth-order valence-electron chi connectivity index (χ4n) is 4.84. The van der Waals surface area contributed by atoms with Gasteiger partial charge in [0.15, 0.2) is 0 Å². The number of imidazole rings is 1. The van der Waals surface area contributed by atoms with Crippen molar-refractivity contribution in [1.82, 2.24) is 9.38 Å². The van der Waals surface area contributed by atoms with Crippen LogP contribution in [0.25, 0.3) is 49.6 Å². The number of oxazole rings is 1. The summed E-state index contributed by atoms with van der Waals surface area (Å²) in [5.74, 6) is 0.00873. The average molecular weight is 681 g/mol. The molecule has 0 saturated carbocycles. The molecule has 0 unspecified atom stereocenters. The molecule has 0 aliphatic carbocycles. The molecule has 0 aliphatic heterocycles. The van der Waals surface area contributed by atoms with Crippen molar-refractivity contribution in [3.63, 3.8) is 0 Å². The number of para-hydroxylation sites is 1. The van der Waals surface area contributed by atoms with E-state index < -0.39 is 0 Å². The van der Waals surface area contributed by atoms with Crippen LogP contribution < -0.4 is 4.57 Å². The van der Waals surface area contributed by atoms with Gasteiger partial charge in [-0.1, -0.05) is 44.2 Å². The third-order valence-corrected chi connectivity index (χ3v) is 6.35. The quantitative estimate of drug-likeness (QED) is 0.121. The van der Waals surface area contributed by atoms with Crippen LogP contribution in [0, 0.1) is 32.1 Å². The van der Waals surface area contributed by atoms with Gasteiger partial charge in [0.1, 0.15) is 22.7 Å². The predicted octanol–water partition coefficient (Wildman–Crippen LogP) is 6.62. The number of aryl methyl sites for hydroxylation is 3. The van der Waals surface area contributed by atoms with Gasteiger partial charge in [-0.2, -0.15) is 0 Å². The van der Waals surface area contributed by atoms with E-state index in [2.05, 4.69) is 36.4 Å². The first-order valence-electron chi connectivity index (χ1n) is 11.9. The average Bonchev–Trinajstić information content (AvgIpc) is 3.39. The standard InChI is InChI=1S/C21H15FN.C10H8N2O2.Ir/c1-13-10-14(2)12-15(11-13)21-19-7-6-18-16(4-3-5-20(18)22)17(19)8-9-23-21;1-11-5-9-12(6-11)10-7(13)3-2-4-8(10)14-9;/h3-11H,1-2H3;2-5,13H,1H3;/q-1;;. The molecule has 0 spiro atoms. The molecule has 0 aliphatic rings. The minimum Gasteiger partial charge on any atom is -0.513 e. The molecule has 3 heterocycles. The number of fused-ring (bicyclic) bond motifs is 6. The molecule has 0 amide bonds. The van der Waals surface area contributed by atoms with Gasteiger partial charge in [-0.25, -0.2) is 4.39 Å². The molecule has 1 radical (unpaired) electrons. The van der Waals surface area contributed by atoms with Gasteiger partial charge in [0.05, 0.1) is 13.2 Å². The summed E-state index contributed by atoms with van der Waals surface area (Å²) in [4.78, 5) is 4.56. The van der Waals surface area contributed by atoms with E-state index in [4.69, 9.17) is 4.42 Å². The summed E-state index contributed by atoms with van der Waals surface area (Å²) in [6.07, 6.45) is 6.59. The van der Waals surface area contributed by atoms with Crippen molar-refractivity contribution < 1.29 is 38.6 Å². The Morgan fingerprint density at radius 1 is 0.947 bits per heavy atom. The molecule has 4 aromatic carbocycles. The number of rotatable bonds is 1. The number of phenols is 1. The van der Waals surface area contributed by atoms with Crippen LogP contribution in [0.5, 0.6) is 5.75 Å². The van der Waals surface area contributed by atoms with Gasteiger partial charge in [-0.3, -0.25) is 4.40 Å². The summed E-state index contributed by atoms with van der Waals surface area (Å²) in [6, 6.07) is 23.7.